The van der Waals surface area contributed by atoms with E-state index in [1.807, 2.05) is 32.8 Å². The van der Waals surface area contributed by atoms with Gasteiger partial charge in [0.2, 0.25) is 0 Å². The van der Waals surface area contributed by atoms with Crippen LogP contribution in [-0.2, 0) is 0 Å². The third-order valence-electron chi connectivity index (χ3n) is 3.33. The molecule has 0 aliphatic rings. The monoisotopic (exact) mass is 252 g/mol. The zero-order chi connectivity index (χ0) is 13.9. The summed E-state index contributed by atoms with van der Waals surface area (Å²) in [5.41, 5.74) is 1.05. The lowest BCUT2D eigenvalue weighted by atomic mass is 10.0. The van der Waals surface area contributed by atoms with Crippen molar-refractivity contribution in [3.05, 3.63) is 35.1 Å². The minimum absolute atomic E-state index is 0.121. The molecule has 0 saturated heterocycles. The second-order valence-electron chi connectivity index (χ2n) is 5.35. The fourth-order valence-electron chi connectivity index (χ4n) is 1.43. The van der Waals surface area contributed by atoms with Gasteiger partial charge in [0.1, 0.15) is 5.82 Å². The van der Waals surface area contributed by atoms with Crippen molar-refractivity contribution in [3.8, 4) is 0 Å². The molecular weight excluding hydrogens is 231 g/mol. The van der Waals surface area contributed by atoms with Crippen LogP contribution in [0.2, 0.25) is 0 Å². The Morgan fingerprint density at radius 2 is 2.00 bits per heavy atom. The second-order valence-corrected chi connectivity index (χ2v) is 5.35. The Morgan fingerprint density at radius 3 is 2.50 bits per heavy atom. The molecule has 4 heteroatoms. The van der Waals surface area contributed by atoms with Crippen LogP contribution in [0.4, 0.5) is 4.39 Å². The molecule has 1 amide bonds. The molecular formula is C14H21FN2O. The molecule has 0 spiro atoms. The van der Waals surface area contributed by atoms with E-state index in [0.717, 1.165) is 0 Å². The minimum Gasteiger partial charge on any atom is -0.350 e. The first-order valence-electron chi connectivity index (χ1n) is 5.96. The molecule has 1 aromatic carbocycles. The van der Waals surface area contributed by atoms with E-state index in [9.17, 15) is 9.18 Å². The summed E-state index contributed by atoms with van der Waals surface area (Å²) in [5.74, 6) is -0.486. The molecule has 100 valence electrons. The predicted molar refractivity (Wildman–Crippen MR) is 71.2 cm³/mol. The maximum atomic E-state index is 13.0. The number of benzene rings is 1. The van der Waals surface area contributed by atoms with Gasteiger partial charge in [0.25, 0.3) is 5.91 Å². The van der Waals surface area contributed by atoms with E-state index in [1.165, 1.54) is 18.2 Å². The highest BCUT2D eigenvalue weighted by molar-refractivity contribution is 5.95. The first kappa shape index (κ1) is 14.6. The number of carbonyl (C=O) groups excluding carboxylic acids is 1. The van der Waals surface area contributed by atoms with Crippen LogP contribution in [0.5, 0.6) is 0 Å². The summed E-state index contributed by atoms with van der Waals surface area (Å²) in [6.45, 7) is 6.36. The topological polar surface area (TPSA) is 32.3 Å². The summed E-state index contributed by atoms with van der Waals surface area (Å²) >= 11 is 0. The van der Waals surface area contributed by atoms with Gasteiger partial charge in [-0.3, -0.25) is 4.79 Å². The molecule has 0 fully saturated rings. The highest BCUT2D eigenvalue weighted by Crippen LogP contribution is 2.12. The Morgan fingerprint density at radius 1 is 1.39 bits per heavy atom. The van der Waals surface area contributed by atoms with E-state index < -0.39 is 0 Å². The van der Waals surface area contributed by atoms with E-state index in [4.69, 9.17) is 0 Å². The number of halogens is 1. The van der Waals surface area contributed by atoms with Crippen LogP contribution in [0.15, 0.2) is 18.2 Å². The van der Waals surface area contributed by atoms with Gasteiger partial charge >= 0.3 is 0 Å². The molecule has 0 unspecified atom stereocenters. The van der Waals surface area contributed by atoms with E-state index in [-0.39, 0.29) is 17.3 Å². The highest BCUT2D eigenvalue weighted by Gasteiger charge is 2.21. The van der Waals surface area contributed by atoms with Gasteiger partial charge in [-0.2, -0.15) is 0 Å². The highest BCUT2D eigenvalue weighted by atomic mass is 19.1. The van der Waals surface area contributed by atoms with Gasteiger partial charge in [0.15, 0.2) is 0 Å². The first-order chi connectivity index (χ1) is 8.24. The van der Waals surface area contributed by atoms with Gasteiger partial charge in [-0.15, -0.1) is 0 Å². The molecule has 1 rings (SSSR count). The number of hydrogen-bond donors (Lipinski definition) is 1. The summed E-state index contributed by atoms with van der Waals surface area (Å²) in [7, 11) is 3.94. The molecule has 0 aliphatic heterocycles. The third-order valence-corrected chi connectivity index (χ3v) is 3.33. The van der Waals surface area contributed by atoms with Crippen LogP contribution in [-0.4, -0.2) is 37.0 Å². The van der Waals surface area contributed by atoms with Crippen molar-refractivity contribution < 1.29 is 9.18 Å². The van der Waals surface area contributed by atoms with E-state index in [0.29, 0.717) is 17.7 Å². The van der Waals surface area contributed by atoms with E-state index in [2.05, 4.69) is 5.32 Å². The fourth-order valence-corrected chi connectivity index (χ4v) is 1.43. The van der Waals surface area contributed by atoms with Crippen LogP contribution in [0.3, 0.4) is 0 Å². The van der Waals surface area contributed by atoms with Crippen LogP contribution in [0, 0.1) is 12.7 Å². The number of likely N-dealkylation sites (N-methyl/N-ethyl adjacent to an activating group) is 1. The summed E-state index contributed by atoms with van der Waals surface area (Å²) in [6.07, 6.45) is 0. The summed E-state index contributed by atoms with van der Waals surface area (Å²) < 4.78 is 13.0. The number of aryl methyl sites for hydroxylation is 1. The molecule has 0 bridgehead atoms. The van der Waals surface area contributed by atoms with E-state index in [1.54, 1.807) is 6.92 Å². The van der Waals surface area contributed by atoms with Crippen LogP contribution < -0.4 is 5.32 Å². The molecule has 1 aromatic rings. The van der Waals surface area contributed by atoms with Crippen molar-refractivity contribution in [2.75, 3.05) is 20.6 Å². The Bertz CT molecular complexity index is 441. The van der Waals surface area contributed by atoms with Crippen molar-refractivity contribution >= 4 is 5.91 Å². The maximum Gasteiger partial charge on any atom is 0.251 e. The summed E-state index contributed by atoms with van der Waals surface area (Å²) in [4.78, 5) is 14.0. The van der Waals surface area contributed by atoms with Gasteiger partial charge in [-0.05, 0) is 58.6 Å². The van der Waals surface area contributed by atoms with Gasteiger partial charge in [0, 0.05) is 17.6 Å². The standard InChI is InChI=1S/C14H21FN2O/c1-10-8-11(15)6-7-12(10)13(18)16-9-14(2,3)17(4)5/h6-8H,9H2,1-5H3,(H,16,18). The molecule has 0 aliphatic carbocycles. The zero-order valence-electron chi connectivity index (χ0n) is 11.7. The van der Waals surface area contributed by atoms with Crippen molar-refractivity contribution in [1.29, 1.82) is 0 Å². The van der Waals surface area contributed by atoms with Gasteiger partial charge in [0.05, 0.1) is 0 Å². The molecule has 1 N–H and O–H groups in total. The number of carbonyl (C=O) groups is 1. The Kier molecular flexibility index (Phi) is 4.46. The maximum absolute atomic E-state index is 13.0. The van der Waals surface area contributed by atoms with Gasteiger partial charge in [-0.25, -0.2) is 4.39 Å². The second kappa shape index (κ2) is 5.48. The van der Waals surface area contributed by atoms with Crippen LogP contribution >= 0.6 is 0 Å². The number of hydrogen-bond acceptors (Lipinski definition) is 2. The van der Waals surface area contributed by atoms with Gasteiger partial charge < -0.3 is 10.2 Å². The average Bonchev–Trinajstić information content (AvgIpc) is 2.25. The number of nitrogens with zero attached hydrogens (tertiary/aromatic N) is 1. The number of rotatable bonds is 4. The summed E-state index contributed by atoms with van der Waals surface area (Å²) in [5, 5.41) is 2.88. The molecule has 3 nitrogen and oxygen atoms in total. The van der Waals surface area contributed by atoms with Crippen molar-refractivity contribution in [2.45, 2.75) is 26.3 Å². The Hall–Kier alpha value is -1.42. The minimum atomic E-state index is -0.322. The molecule has 0 atom stereocenters. The van der Waals surface area contributed by atoms with Gasteiger partial charge in [-0.1, -0.05) is 0 Å². The van der Waals surface area contributed by atoms with E-state index >= 15 is 0 Å². The average molecular weight is 252 g/mol. The quantitative estimate of drug-likeness (QED) is 0.891. The molecule has 0 radical (unpaired) electrons. The SMILES string of the molecule is Cc1cc(F)ccc1C(=O)NCC(C)(C)N(C)C. The molecule has 0 saturated carbocycles. The Labute approximate surface area is 108 Å². The molecule has 0 heterocycles. The number of nitrogens with one attached hydrogen (secondary N) is 1. The third kappa shape index (κ3) is 3.53. The number of amides is 1. The zero-order valence-corrected chi connectivity index (χ0v) is 11.7. The molecule has 0 aromatic heterocycles. The molecule has 18 heavy (non-hydrogen) atoms. The van der Waals surface area contributed by atoms with Crippen molar-refractivity contribution in [3.63, 3.8) is 0 Å². The first-order valence-corrected chi connectivity index (χ1v) is 5.96. The van der Waals surface area contributed by atoms with Crippen LogP contribution in [0.1, 0.15) is 29.8 Å². The van der Waals surface area contributed by atoms with Crippen molar-refractivity contribution in [2.24, 2.45) is 0 Å². The lowest BCUT2D eigenvalue weighted by molar-refractivity contribution is 0.0919. The Balaban J connectivity index is 2.72. The summed E-state index contributed by atoms with van der Waals surface area (Å²) in [6, 6.07) is 4.19. The van der Waals surface area contributed by atoms with Crippen molar-refractivity contribution in [1.82, 2.24) is 10.2 Å². The largest absolute Gasteiger partial charge is 0.350 e. The fraction of sp³-hybridized carbons (Fsp3) is 0.500. The smallest absolute Gasteiger partial charge is 0.251 e. The lowest BCUT2D eigenvalue weighted by Gasteiger charge is -2.32. The normalized spacial score (nSPS) is 11.7. The lowest BCUT2D eigenvalue weighted by Crippen LogP contribution is -2.48. The van der Waals surface area contributed by atoms with Crippen LogP contribution in [0.25, 0.3) is 0 Å². The predicted octanol–water partition coefficient (Wildman–Crippen LogP) is 2.20.